The van der Waals surface area contributed by atoms with Gasteiger partial charge in [0, 0.05) is 22.9 Å². The number of nitrogens with zero attached hydrogens (tertiary/aromatic N) is 1. The number of fused-ring (bicyclic) bond motifs is 1. The van der Waals surface area contributed by atoms with Crippen LogP contribution in [0, 0.1) is 12.8 Å². The predicted molar refractivity (Wildman–Crippen MR) is 89.5 cm³/mol. The lowest BCUT2D eigenvalue weighted by Crippen LogP contribution is -2.62. The lowest BCUT2D eigenvalue weighted by molar-refractivity contribution is -0.0512. The van der Waals surface area contributed by atoms with Crippen molar-refractivity contribution in [3.8, 4) is 5.75 Å². The Labute approximate surface area is 141 Å². The molecule has 0 bridgehead atoms. The highest BCUT2D eigenvalue weighted by atomic mass is 16.7. The zero-order valence-corrected chi connectivity index (χ0v) is 14.2. The molecule has 128 valence electrons. The van der Waals surface area contributed by atoms with Crippen LogP contribution < -0.4 is 4.74 Å². The van der Waals surface area contributed by atoms with E-state index in [0.717, 1.165) is 18.7 Å². The molecule has 4 rings (SSSR count). The topological polar surface area (TPSA) is 59.0 Å². The van der Waals surface area contributed by atoms with Gasteiger partial charge in [-0.25, -0.2) is 4.79 Å². The van der Waals surface area contributed by atoms with E-state index in [1.165, 1.54) is 11.1 Å². The Bertz CT molecular complexity index is 715. The summed E-state index contributed by atoms with van der Waals surface area (Å²) in [5.41, 5.74) is 2.23. The first-order chi connectivity index (χ1) is 11.4. The van der Waals surface area contributed by atoms with Crippen molar-refractivity contribution in [2.24, 2.45) is 5.92 Å². The quantitative estimate of drug-likeness (QED) is 0.634. The molecule has 5 nitrogen and oxygen atoms in total. The summed E-state index contributed by atoms with van der Waals surface area (Å²) in [7, 11) is 2.15. The van der Waals surface area contributed by atoms with E-state index in [0.29, 0.717) is 6.04 Å². The van der Waals surface area contributed by atoms with Crippen molar-refractivity contribution in [1.29, 1.82) is 0 Å². The third-order valence-electron chi connectivity index (χ3n) is 6.19. The van der Waals surface area contributed by atoms with Gasteiger partial charge < -0.3 is 19.5 Å². The van der Waals surface area contributed by atoms with Crippen molar-refractivity contribution < 1.29 is 19.4 Å². The average molecular weight is 329 g/mol. The van der Waals surface area contributed by atoms with E-state index in [-0.39, 0.29) is 17.4 Å². The number of rotatable bonds is 1. The molecule has 5 unspecified atom stereocenters. The third-order valence-corrected chi connectivity index (χ3v) is 6.19. The standard InChI is InChI=1S/C19H23NO4/c1-11-5-4-6-14-16(11)19-9-10-20(3)12(2)13(19)7-8-15(17(19)23-14)24-18(21)22/h4-8,12-13,15,17H,9-10H2,1-3H3,(H,21,22). The van der Waals surface area contributed by atoms with Crippen LogP contribution in [0.5, 0.6) is 5.75 Å². The maximum absolute atomic E-state index is 11.2. The van der Waals surface area contributed by atoms with Gasteiger partial charge in [0.15, 0.2) is 6.10 Å². The van der Waals surface area contributed by atoms with Crippen molar-refractivity contribution in [1.82, 2.24) is 4.90 Å². The normalized spacial score (nSPS) is 37.1. The zero-order valence-electron chi connectivity index (χ0n) is 14.2. The molecule has 0 radical (unpaired) electrons. The Morgan fingerprint density at radius 1 is 1.42 bits per heavy atom. The first-order valence-electron chi connectivity index (χ1n) is 8.50. The van der Waals surface area contributed by atoms with Crippen LogP contribution in [-0.4, -0.2) is 48.0 Å². The summed E-state index contributed by atoms with van der Waals surface area (Å²) in [6.07, 6.45) is 2.84. The lowest BCUT2D eigenvalue weighted by Gasteiger charge is -2.53. The fourth-order valence-corrected chi connectivity index (χ4v) is 5.02. The maximum atomic E-state index is 11.2. The molecule has 1 aromatic rings. The number of benzene rings is 1. The van der Waals surface area contributed by atoms with E-state index >= 15 is 0 Å². The zero-order chi connectivity index (χ0) is 17.1. The second kappa shape index (κ2) is 5.24. The number of likely N-dealkylation sites (tertiary alicyclic amines) is 1. The summed E-state index contributed by atoms with van der Waals surface area (Å²) in [6, 6.07) is 6.46. The molecular weight excluding hydrogens is 306 g/mol. The van der Waals surface area contributed by atoms with Gasteiger partial charge in [-0.1, -0.05) is 18.2 Å². The molecule has 2 heterocycles. The molecule has 2 aliphatic heterocycles. The lowest BCUT2D eigenvalue weighted by atomic mass is 9.57. The second-order valence-electron chi connectivity index (χ2n) is 7.26. The van der Waals surface area contributed by atoms with Crippen molar-refractivity contribution in [2.75, 3.05) is 13.6 Å². The summed E-state index contributed by atoms with van der Waals surface area (Å²) < 4.78 is 11.5. The number of carboxylic acid groups (broad SMARTS) is 1. The number of aryl methyl sites for hydroxylation is 1. The van der Waals surface area contributed by atoms with Gasteiger partial charge in [0.25, 0.3) is 0 Å². The highest BCUT2D eigenvalue weighted by Gasteiger charge is 2.61. The first kappa shape index (κ1) is 15.5. The Morgan fingerprint density at radius 2 is 2.21 bits per heavy atom. The Morgan fingerprint density at radius 3 is 2.96 bits per heavy atom. The van der Waals surface area contributed by atoms with Crippen LogP contribution in [-0.2, 0) is 10.2 Å². The van der Waals surface area contributed by atoms with Gasteiger partial charge in [-0.2, -0.15) is 0 Å². The summed E-state index contributed by atoms with van der Waals surface area (Å²) in [6.45, 7) is 5.31. The van der Waals surface area contributed by atoms with Crippen molar-refractivity contribution in [3.63, 3.8) is 0 Å². The van der Waals surface area contributed by atoms with Crippen LogP contribution in [0.2, 0.25) is 0 Å². The summed E-state index contributed by atoms with van der Waals surface area (Å²) in [5.74, 6) is 1.15. The Hall–Kier alpha value is -2.01. The molecule has 3 aliphatic rings. The van der Waals surface area contributed by atoms with Gasteiger partial charge in [-0.15, -0.1) is 0 Å². The monoisotopic (exact) mass is 329 g/mol. The number of hydrogen-bond donors (Lipinski definition) is 1. The van der Waals surface area contributed by atoms with Gasteiger partial charge in [0.1, 0.15) is 11.9 Å². The molecule has 5 heteroatoms. The van der Waals surface area contributed by atoms with Gasteiger partial charge in [-0.05, 0) is 51.6 Å². The number of hydrogen-bond acceptors (Lipinski definition) is 4. The molecule has 1 spiro atoms. The molecule has 24 heavy (non-hydrogen) atoms. The van der Waals surface area contributed by atoms with E-state index < -0.39 is 12.3 Å². The van der Waals surface area contributed by atoms with E-state index in [4.69, 9.17) is 14.6 Å². The molecule has 0 amide bonds. The minimum atomic E-state index is -1.25. The summed E-state index contributed by atoms with van der Waals surface area (Å²) in [4.78, 5) is 13.5. The first-order valence-corrected chi connectivity index (χ1v) is 8.50. The second-order valence-corrected chi connectivity index (χ2v) is 7.26. The van der Waals surface area contributed by atoms with Crippen LogP contribution in [0.1, 0.15) is 24.5 Å². The van der Waals surface area contributed by atoms with Crippen LogP contribution in [0.4, 0.5) is 4.79 Å². The minimum Gasteiger partial charge on any atom is -0.485 e. The largest absolute Gasteiger partial charge is 0.506 e. The Kier molecular flexibility index (Phi) is 3.39. The number of carbonyl (C=O) groups is 1. The number of ether oxygens (including phenoxy) is 2. The van der Waals surface area contributed by atoms with Gasteiger partial charge >= 0.3 is 6.16 Å². The van der Waals surface area contributed by atoms with Gasteiger partial charge in [0.05, 0.1) is 0 Å². The minimum absolute atomic E-state index is 0.221. The molecule has 0 saturated carbocycles. The van der Waals surface area contributed by atoms with Crippen LogP contribution in [0.25, 0.3) is 0 Å². The SMILES string of the molecule is Cc1cccc2c1C13CCN(C)C(C)C1C=CC(OC(=O)O)C3O2. The van der Waals surface area contributed by atoms with Crippen LogP contribution in [0.3, 0.4) is 0 Å². The Balaban J connectivity index is 1.89. The smallest absolute Gasteiger partial charge is 0.485 e. The van der Waals surface area contributed by atoms with Crippen LogP contribution >= 0.6 is 0 Å². The fraction of sp³-hybridized carbons (Fsp3) is 0.526. The summed E-state index contributed by atoms with van der Waals surface area (Å²) in [5, 5.41) is 9.13. The molecule has 5 atom stereocenters. The fourth-order valence-electron chi connectivity index (χ4n) is 5.02. The maximum Gasteiger partial charge on any atom is 0.506 e. The third kappa shape index (κ3) is 1.94. The highest BCUT2D eigenvalue weighted by molar-refractivity contribution is 5.59. The molecule has 0 aromatic heterocycles. The van der Waals surface area contributed by atoms with E-state index in [1.54, 1.807) is 0 Å². The van der Waals surface area contributed by atoms with E-state index in [1.807, 2.05) is 18.2 Å². The van der Waals surface area contributed by atoms with Crippen LogP contribution in [0.15, 0.2) is 30.4 Å². The van der Waals surface area contributed by atoms with E-state index in [9.17, 15) is 4.79 Å². The van der Waals surface area contributed by atoms with Gasteiger partial charge in [-0.3, -0.25) is 0 Å². The highest BCUT2D eigenvalue weighted by Crippen LogP contribution is 2.57. The van der Waals surface area contributed by atoms with E-state index in [2.05, 4.69) is 37.9 Å². The summed E-state index contributed by atoms with van der Waals surface area (Å²) >= 11 is 0. The molecule has 1 N–H and O–H groups in total. The molecular formula is C19H23NO4. The molecule has 1 aliphatic carbocycles. The number of piperidine rings is 1. The van der Waals surface area contributed by atoms with Crippen molar-refractivity contribution >= 4 is 6.16 Å². The molecule has 1 fully saturated rings. The molecule has 1 aromatic carbocycles. The average Bonchev–Trinajstić information content (AvgIpc) is 2.87. The predicted octanol–water partition coefficient (Wildman–Crippen LogP) is 2.97. The van der Waals surface area contributed by atoms with Crippen molar-refractivity contribution in [2.45, 2.75) is 43.9 Å². The van der Waals surface area contributed by atoms with Gasteiger partial charge in [0.2, 0.25) is 0 Å². The van der Waals surface area contributed by atoms with Crippen molar-refractivity contribution in [3.05, 3.63) is 41.5 Å². The molecule has 1 saturated heterocycles.